The number of halogens is 1. The second-order valence-corrected chi connectivity index (χ2v) is 8.07. The lowest BCUT2D eigenvalue weighted by Crippen LogP contribution is -2.43. The van der Waals surface area contributed by atoms with Gasteiger partial charge in [-0.25, -0.2) is 4.39 Å². The maximum Gasteiger partial charge on any atom is 0.181 e. The van der Waals surface area contributed by atoms with E-state index in [0.29, 0.717) is 34.1 Å². The van der Waals surface area contributed by atoms with Crippen molar-refractivity contribution in [2.75, 3.05) is 20.8 Å². The van der Waals surface area contributed by atoms with Gasteiger partial charge in [0.25, 0.3) is 0 Å². The average molecular weight is 411 g/mol. The van der Waals surface area contributed by atoms with Gasteiger partial charge in [0.15, 0.2) is 17.3 Å². The van der Waals surface area contributed by atoms with Gasteiger partial charge in [-0.1, -0.05) is 0 Å². The van der Waals surface area contributed by atoms with Gasteiger partial charge in [0.1, 0.15) is 41.4 Å². The largest absolute Gasteiger partial charge is 0.493 e. The summed E-state index contributed by atoms with van der Waals surface area (Å²) >= 11 is 0. The summed E-state index contributed by atoms with van der Waals surface area (Å²) in [6.07, 6.45) is 3.08. The Balaban J connectivity index is 1.65. The number of methoxy groups -OCH3 is 2. The summed E-state index contributed by atoms with van der Waals surface area (Å²) in [5.41, 5.74) is 0.517. The van der Waals surface area contributed by atoms with Crippen LogP contribution in [0.15, 0.2) is 24.3 Å². The topological polar surface area (TPSA) is 63.2 Å². The van der Waals surface area contributed by atoms with E-state index in [1.54, 1.807) is 12.1 Å². The van der Waals surface area contributed by atoms with Gasteiger partial charge in [-0.3, -0.25) is 4.79 Å². The van der Waals surface area contributed by atoms with Gasteiger partial charge in [-0.2, -0.15) is 0 Å². The maximum atomic E-state index is 15.1. The molecule has 6 nitrogen and oxygen atoms in total. The highest BCUT2D eigenvalue weighted by molar-refractivity contribution is 6.06. The van der Waals surface area contributed by atoms with Crippen LogP contribution in [0.1, 0.15) is 41.3 Å². The van der Waals surface area contributed by atoms with E-state index < -0.39 is 23.4 Å². The number of hydrogen-bond acceptors (Lipinski definition) is 6. The first-order valence-electron chi connectivity index (χ1n) is 9.67. The Morgan fingerprint density at radius 1 is 1.10 bits per heavy atom. The van der Waals surface area contributed by atoms with Crippen molar-refractivity contribution in [1.82, 2.24) is 0 Å². The molecule has 156 valence electrons. The van der Waals surface area contributed by atoms with Crippen LogP contribution in [-0.2, 0) is 0 Å². The number of rotatable bonds is 2. The van der Waals surface area contributed by atoms with Gasteiger partial charge in [-0.15, -0.1) is 0 Å². The molecule has 3 heterocycles. The third kappa shape index (κ3) is 2.65. The fourth-order valence-electron chi connectivity index (χ4n) is 4.25. The number of ketones is 1. The fraction of sp³-hybridized carbons (Fsp3) is 0.348. The summed E-state index contributed by atoms with van der Waals surface area (Å²) in [4.78, 5) is 13.5. The minimum absolute atomic E-state index is 0.0643. The Labute approximate surface area is 173 Å². The number of carbonyl (C=O) groups excluding carboxylic acids is 1. The molecule has 30 heavy (non-hydrogen) atoms. The van der Waals surface area contributed by atoms with Crippen LogP contribution in [0.4, 0.5) is 4.39 Å². The Morgan fingerprint density at radius 3 is 2.57 bits per heavy atom. The SMILES string of the molecule is COc1cc2c(cc1OC)[C@@H]1C(=O)c3c([18F])cc4c(c3O[C@@H]1CO2)C=CC(C)(C)O4. The van der Waals surface area contributed by atoms with Crippen molar-refractivity contribution in [3.63, 3.8) is 0 Å². The average Bonchev–Trinajstić information content (AvgIpc) is 2.71. The van der Waals surface area contributed by atoms with Crippen LogP contribution < -0.4 is 23.7 Å². The van der Waals surface area contributed by atoms with Crippen LogP contribution in [0.5, 0.6) is 28.7 Å². The Kier molecular flexibility index (Phi) is 4.00. The molecule has 0 fully saturated rings. The molecular weight excluding hydrogens is 390 g/mol. The zero-order valence-electron chi connectivity index (χ0n) is 17.1. The molecule has 2 atom stereocenters. The Hall–Kier alpha value is -3.22. The number of fused-ring (bicyclic) bond motifs is 6. The zero-order chi connectivity index (χ0) is 21.2. The lowest BCUT2D eigenvalue weighted by molar-refractivity contribution is 0.0544. The molecule has 3 aliphatic heterocycles. The summed E-state index contributed by atoms with van der Waals surface area (Å²) in [7, 11) is 3.04. The summed E-state index contributed by atoms with van der Waals surface area (Å²) in [6, 6.07) is 4.63. The van der Waals surface area contributed by atoms with Crippen LogP contribution in [0.3, 0.4) is 0 Å². The smallest absolute Gasteiger partial charge is 0.181 e. The first-order chi connectivity index (χ1) is 14.3. The molecular formula is C23H21FO6. The van der Waals surface area contributed by atoms with E-state index in [4.69, 9.17) is 23.7 Å². The highest BCUT2D eigenvalue weighted by Gasteiger charge is 2.46. The highest BCUT2D eigenvalue weighted by Crippen LogP contribution is 2.50. The molecule has 2 aromatic rings. The molecule has 0 amide bonds. The van der Waals surface area contributed by atoms with Gasteiger partial charge in [-0.05, 0) is 32.1 Å². The van der Waals surface area contributed by atoms with Crippen LogP contribution in [-0.4, -0.2) is 38.3 Å². The quantitative estimate of drug-likeness (QED) is 0.740. The lowest BCUT2D eigenvalue weighted by atomic mass is 9.80. The second-order valence-electron chi connectivity index (χ2n) is 8.07. The van der Waals surface area contributed by atoms with Gasteiger partial charge in [0.05, 0.1) is 31.3 Å². The molecule has 0 aliphatic carbocycles. The second kappa shape index (κ2) is 6.39. The van der Waals surface area contributed by atoms with E-state index in [9.17, 15) is 4.79 Å². The minimum atomic E-state index is -0.710. The summed E-state index contributed by atoms with van der Waals surface area (Å²) < 4.78 is 43.6. The fourth-order valence-corrected chi connectivity index (χ4v) is 4.25. The number of carbonyl (C=O) groups is 1. The third-order valence-electron chi connectivity index (χ3n) is 5.68. The number of benzene rings is 2. The lowest BCUT2D eigenvalue weighted by Gasteiger charge is -2.39. The zero-order valence-corrected chi connectivity index (χ0v) is 17.1. The van der Waals surface area contributed by atoms with Crippen LogP contribution in [0.2, 0.25) is 0 Å². The predicted molar refractivity (Wildman–Crippen MR) is 107 cm³/mol. The van der Waals surface area contributed by atoms with Crippen molar-refractivity contribution < 1.29 is 32.9 Å². The molecule has 7 heteroatoms. The summed E-state index contributed by atoms with van der Waals surface area (Å²) in [6.45, 7) is 3.90. The van der Waals surface area contributed by atoms with E-state index >= 15 is 4.39 Å². The van der Waals surface area contributed by atoms with Gasteiger partial charge < -0.3 is 23.7 Å². The van der Waals surface area contributed by atoms with Crippen molar-refractivity contribution in [3.8, 4) is 28.7 Å². The maximum absolute atomic E-state index is 15.1. The van der Waals surface area contributed by atoms with E-state index in [-0.39, 0.29) is 23.7 Å². The molecule has 0 spiro atoms. The molecule has 0 bridgehead atoms. The molecule has 3 aliphatic rings. The Bertz CT molecular complexity index is 1100. The van der Waals surface area contributed by atoms with Crippen molar-refractivity contribution in [2.24, 2.45) is 0 Å². The van der Waals surface area contributed by atoms with Gasteiger partial charge in [0, 0.05) is 17.7 Å². The van der Waals surface area contributed by atoms with E-state index in [1.807, 2.05) is 26.0 Å². The molecule has 0 aromatic heterocycles. The van der Waals surface area contributed by atoms with Crippen molar-refractivity contribution in [1.29, 1.82) is 0 Å². The van der Waals surface area contributed by atoms with Gasteiger partial charge in [0.2, 0.25) is 0 Å². The van der Waals surface area contributed by atoms with Crippen molar-refractivity contribution in [2.45, 2.75) is 31.5 Å². The standard InChI is InChI=1S/C23H21FO6/c1-23(2)6-5-11-15(30-23)8-13(24)20-21(25)19-12-7-16(26-3)17(27-4)9-14(12)28-10-18(19)29-22(11)20/h5-9,18-19H,10H2,1-4H3/t18-,19+/m1/s1/i24-1. The first kappa shape index (κ1) is 18.8. The first-order valence-corrected chi connectivity index (χ1v) is 9.67. The number of hydrogen-bond donors (Lipinski definition) is 0. The normalized spacial score (nSPS) is 22.4. The minimum Gasteiger partial charge on any atom is -0.493 e. The summed E-state index contributed by atoms with van der Waals surface area (Å²) in [5, 5.41) is 0. The molecule has 0 unspecified atom stereocenters. The molecule has 0 radical (unpaired) electrons. The highest BCUT2D eigenvalue weighted by atomic mass is 18.2. The van der Waals surface area contributed by atoms with E-state index in [1.165, 1.54) is 20.3 Å². The third-order valence-corrected chi connectivity index (χ3v) is 5.68. The predicted octanol–water partition coefficient (Wildman–Crippen LogP) is 4.15. The van der Waals surface area contributed by atoms with Crippen molar-refractivity contribution >= 4 is 11.9 Å². The van der Waals surface area contributed by atoms with E-state index in [0.717, 1.165) is 0 Å². The number of Topliss-reactive ketones (excluding diaryl/α,β-unsaturated/α-hetero) is 1. The van der Waals surface area contributed by atoms with Crippen LogP contribution >= 0.6 is 0 Å². The monoisotopic (exact) mass is 411 g/mol. The van der Waals surface area contributed by atoms with Gasteiger partial charge >= 0.3 is 0 Å². The van der Waals surface area contributed by atoms with Crippen molar-refractivity contribution in [3.05, 3.63) is 46.8 Å². The summed E-state index contributed by atoms with van der Waals surface area (Å²) in [5.74, 6) is 0.289. The van der Waals surface area contributed by atoms with Crippen LogP contribution in [0, 0.1) is 5.82 Å². The Morgan fingerprint density at radius 2 is 1.83 bits per heavy atom. The van der Waals surface area contributed by atoms with E-state index in [2.05, 4.69) is 0 Å². The molecule has 0 saturated carbocycles. The molecule has 0 N–H and O–H groups in total. The molecule has 2 aromatic carbocycles. The van der Waals surface area contributed by atoms with Crippen LogP contribution in [0.25, 0.3) is 6.08 Å². The number of ether oxygens (including phenoxy) is 5. The molecule has 5 rings (SSSR count). The molecule has 0 saturated heterocycles.